The van der Waals surface area contributed by atoms with Crippen LogP contribution in [-0.4, -0.2) is 10.3 Å². The zero-order valence-corrected chi connectivity index (χ0v) is 9.45. The summed E-state index contributed by atoms with van der Waals surface area (Å²) in [6.07, 6.45) is 2.30. The smallest absolute Gasteiger partial charge is 0.138 e. The third kappa shape index (κ3) is 1.74. The fraction of sp³-hybridized carbons (Fsp3) is 0.500. The molecule has 2 rings (SSSR count). The molecular formula is C12H16N2O. The molecule has 3 nitrogen and oxygen atoms in total. The maximum atomic E-state index is 4.78. The molecule has 0 aliphatic heterocycles. The Kier molecular flexibility index (Phi) is 2.47. The number of hydrogen-bond acceptors (Lipinski definition) is 3. The first-order chi connectivity index (χ1) is 7.15. The molecular weight excluding hydrogens is 188 g/mol. The molecule has 1 aromatic carbocycles. The molecule has 0 unspecified atom stereocenters. The van der Waals surface area contributed by atoms with E-state index in [0.29, 0.717) is 0 Å². The summed E-state index contributed by atoms with van der Waals surface area (Å²) >= 11 is 0. The first-order valence-electron chi connectivity index (χ1n) is 5.37. The average Bonchev–Trinajstić information content (AvgIpc) is 2.64. The number of fused-ring (bicyclic) bond motifs is 1. The molecule has 1 aromatic heterocycles. The van der Waals surface area contributed by atoms with Crippen LogP contribution in [0.1, 0.15) is 39.2 Å². The Morgan fingerprint density at radius 1 is 1.27 bits per heavy atom. The molecule has 0 atom stereocenters. The van der Waals surface area contributed by atoms with Gasteiger partial charge < -0.3 is 0 Å². The number of benzene rings is 1. The summed E-state index contributed by atoms with van der Waals surface area (Å²) in [5, 5.41) is 7.85. The van der Waals surface area contributed by atoms with Crippen LogP contribution in [0.2, 0.25) is 0 Å². The second-order valence-electron chi connectivity index (χ2n) is 4.57. The Labute approximate surface area is 89.4 Å². The summed E-state index contributed by atoms with van der Waals surface area (Å²) in [6.45, 7) is 6.67. The van der Waals surface area contributed by atoms with Crippen molar-refractivity contribution in [1.29, 1.82) is 0 Å². The lowest BCUT2D eigenvalue weighted by Crippen LogP contribution is -2.17. The highest BCUT2D eigenvalue weighted by Crippen LogP contribution is 2.32. The molecule has 0 aliphatic carbocycles. The Hall–Kier alpha value is -1.38. The van der Waals surface area contributed by atoms with Gasteiger partial charge in [-0.2, -0.15) is 0 Å². The summed E-state index contributed by atoms with van der Waals surface area (Å²) < 4.78 is 4.78. The van der Waals surface area contributed by atoms with Gasteiger partial charge in [-0.25, -0.2) is 4.63 Å². The fourth-order valence-electron chi connectivity index (χ4n) is 2.11. The van der Waals surface area contributed by atoms with Crippen LogP contribution in [0.15, 0.2) is 22.8 Å². The van der Waals surface area contributed by atoms with Crippen molar-refractivity contribution in [3.63, 3.8) is 0 Å². The second-order valence-corrected chi connectivity index (χ2v) is 4.57. The van der Waals surface area contributed by atoms with Gasteiger partial charge in [0.25, 0.3) is 0 Å². The van der Waals surface area contributed by atoms with Crippen LogP contribution in [0.3, 0.4) is 0 Å². The van der Waals surface area contributed by atoms with Crippen LogP contribution < -0.4 is 0 Å². The summed E-state index contributed by atoms with van der Waals surface area (Å²) in [4.78, 5) is 0. The van der Waals surface area contributed by atoms with Crippen molar-refractivity contribution in [3.8, 4) is 0 Å². The first-order valence-corrected chi connectivity index (χ1v) is 5.37. The van der Waals surface area contributed by atoms with Crippen molar-refractivity contribution in [2.75, 3.05) is 0 Å². The van der Waals surface area contributed by atoms with Gasteiger partial charge in [0.1, 0.15) is 11.0 Å². The minimum atomic E-state index is 0.132. The quantitative estimate of drug-likeness (QED) is 0.770. The summed E-state index contributed by atoms with van der Waals surface area (Å²) in [5.41, 5.74) is 3.10. The molecule has 0 bridgehead atoms. The highest BCUT2D eigenvalue weighted by molar-refractivity contribution is 5.78. The van der Waals surface area contributed by atoms with Crippen molar-refractivity contribution in [3.05, 3.63) is 23.8 Å². The van der Waals surface area contributed by atoms with Gasteiger partial charge >= 0.3 is 0 Å². The normalized spacial score (nSPS) is 12.2. The van der Waals surface area contributed by atoms with E-state index in [1.807, 2.05) is 12.1 Å². The molecule has 0 aliphatic rings. The molecule has 0 amide bonds. The van der Waals surface area contributed by atoms with E-state index in [9.17, 15) is 0 Å². The zero-order chi connectivity index (χ0) is 10.9. The van der Waals surface area contributed by atoms with Gasteiger partial charge in [0.2, 0.25) is 0 Å². The maximum Gasteiger partial charge on any atom is 0.138 e. The molecule has 1 heterocycles. The van der Waals surface area contributed by atoms with Gasteiger partial charge in [-0.3, -0.25) is 0 Å². The standard InChI is InChI=1S/C12H16N2O/c1-4-8-12(2,3)9-6-5-7-10-11(9)14-15-13-10/h5-7H,4,8H2,1-3H3. The summed E-state index contributed by atoms with van der Waals surface area (Å²) in [5.74, 6) is 0. The molecule has 3 heteroatoms. The van der Waals surface area contributed by atoms with Crippen molar-refractivity contribution in [2.45, 2.75) is 39.0 Å². The molecule has 2 aromatic rings. The van der Waals surface area contributed by atoms with Gasteiger partial charge in [-0.05, 0) is 33.8 Å². The van der Waals surface area contributed by atoms with Crippen molar-refractivity contribution < 1.29 is 4.63 Å². The number of nitrogens with zero attached hydrogens (tertiary/aromatic N) is 2. The Morgan fingerprint density at radius 2 is 2.07 bits per heavy atom. The number of rotatable bonds is 3. The van der Waals surface area contributed by atoms with Gasteiger partial charge in [-0.15, -0.1) is 0 Å². The number of hydrogen-bond donors (Lipinski definition) is 0. The van der Waals surface area contributed by atoms with Gasteiger partial charge in [0.05, 0.1) is 0 Å². The van der Waals surface area contributed by atoms with Crippen LogP contribution >= 0.6 is 0 Å². The van der Waals surface area contributed by atoms with E-state index in [1.54, 1.807) is 0 Å². The predicted molar refractivity (Wildman–Crippen MR) is 59.7 cm³/mol. The van der Waals surface area contributed by atoms with E-state index in [-0.39, 0.29) is 5.41 Å². The highest BCUT2D eigenvalue weighted by atomic mass is 16.6. The van der Waals surface area contributed by atoms with Crippen LogP contribution in [0.4, 0.5) is 0 Å². The highest BCUT2D eigenvalue weighted by Gasteiger charge is 2.23. The summed E-state index contributed by atoms with van der Waals surface area (Å²) in [7, 11) is 0. The Bertz CT molecular complexity index is 459. The summed E-state index contributed by atoms with van der Waals surface area (Å²) in [6, 6.07) is 6.05. The minimum absolute atomic E-state index is 0.132. The fourth-order valence-corrected chi connectivity index (χ4v) is 2.11. The number of aromatic nitrogens is 2. The van der Waals surface area contributed by atoms with Crippen LogP contribution in [0.5, 0.6) is 0 Å². The van der Waals surface area contributed by atoms with Gasteiger partial charge in [0, 0.05) is 0 Å². The lowest BCUT2D eigenvalue weighted by Gasteiger charge is -2.24. The third-order valence-corrected chi connectivity index (χ3v) is 2.89. The second kappa shape index (κ2) is 3.65. The van der Waals surface area contributed by atoms with E-state index in [2.05, 4.69) is 37.2 Å². The van der Waals surface area contributed by atoms with E-state index >= 15 is 0 Å². The minimum Gasteiger partial charge on any atom is -0.243 e. The molecule has 0 saturated carbocycles. The predicted octanol–water partition coefficient (Wildman–Crippen LogP) is 3.30. The van der Waals surface area contributed by atoms with Crippen molar-refractivity contribution in [2.24, 2.45) is 0 Å². The maximum absolute atomic E-state index is 4.78. The van der Waals surface area contributed by atoms with Crippen LogP contribution in [0, 0.1) is 0 Å². The SMILES string of the molecule is CCCC(C)(C)c1cccc2nonc12. The van der Waals surface area contributed by atoms with Crippen LogP contribution in [0.25, 0.3) is 11.0 Å². The lowest BCUT2D eigenvalue weighted by molar-refractivity contribution is 0.314. The van der Waals surface area contributed by atoms with Gasteiger partial charge in [0.15, 0.2) is 0 Å². The average molecular weight is 204 g/mol. The molecule has 0 fully saturated rings. The van der Waals surface area contributed by atoms with Gasteiger partial charge in [-0.1, -0.05) is 39.3 Å². The van der Waals surface area contributed by atoms with Crippen molar-refractivity contribution >= 4 is 11.0 Å². The van der Waals surface area contributed by atoms with E-state index in [0.717, 1.165) is 23.9 Å². The van der Waals surface area contributed by atoms with E-state index in [1.165, 1.54) is 5.56 Å². The Balaban J connectivity index is 2.55. The molecule has 0 spiro atoms. The largest absolute Gasteiger partial charge is 0.243 e. The molecule has 80 valence electrons. The van der Waals surface area contributed by atoms with Crippen molar-refractivity contribution in [1.82, 2.24) is 10.3 Å². The molecule has 0 N–H and O–H groups in total. The zero-order valence-electron chi connectivity index (χ0n) is 9.45. The Morgan fingerprint density at radius 3 is 2.80 bits per heavy atom. The van der Waals surface area contributed by atoms with Crippen LogP contribution in [-0.2, 0) is 5.41 Å². The third-order valence-electron chi connectivity index (χ3n) is 2.89. The topological polar surface area (TPSA) is 38.9 Å². The first kappa shape index (κ1) is 10.1. The molecule has 0 saturated heterocycles. The van der Waals surface area contributed by atoms with E-state index < -0.39 is 0 Å². The molecule has 15 heavy (non-hydrogen) atoms. The molecule has 0 radical (unpaired) electrons. The monoisotopic (exact) mass is 204 g/mol. The van der Waals surface area contributed by atoms with E-state index in [4.69, 9.17) is 4.63 Å². The lowest BCUT2D eigenvalue weighted by atomic mass is 9.80.